The van der Waals surface area contributed by atoms with E-state index in [1.807, 2.05) is 41.0 Å². The lowest BCUT2D eigenvalue weighted by atomic mass is 10.1. The van der Waals surface area contributed by atoms with Crippen LogP contribution in [0.1, 0.15) is 23.2 Å². The molecular formula is C25H26IN5O3S. The van der Waals surface area contributed by atoms with Crippen LogP contribution in [0.15, 0.2) is 61.1 Å². The number of rotatable bonds is 8. The van der Waals surface area contributed by atoms with Crippen molar-refractivity contribution in [2.45, 2.75) is 25.6 Å². The topological polar surface area (TPSA) is 99.3 Å². The van der Waals surface area contributed by atoms with Crippen LogP contribution < -0.4 is 4.90 Å². The fourth-order valence-electron chi connectivity index (χ4n) is 4.23. The van der Waals surface area contributed by atoms with Crippen LogP contribution in [0, 0.1) is 14.9 Å². The number of hydrogen-bond donors (Lipinski definition) is 0. The molecule has 1 aliphatic heterocycles. The molecule has 1 aromatic heterocycles. The Kier molecular flexibility index (Phi) is 7.88. The molecule has 0 bridgehead atoms. The maximum atomic E-state index is 13.1. The van der Waals surface area contributed by atoms with E-state index in [9.17, 15) is 13.2 Å². The first-order valence-corrected chi connectivity index (χ1v) is 14.3. The van der Waals surface area contributed by atoms with Gasteiger partial charge in [0.2, 0.25) is 5.91 Å². The van der Waals surface area contributed by atoms with Crippen molar-refractivity contribution in [2.24, 2.45) is 0 Å². The van der Waals surface area contributed by atoms with E-state index in [4.69, 9.17) is 5.26 Å². The molecule has 35 heavy (non-hydrogen) atoms. The van der Waals surface area contributed by atoms with E-state index in [0.717, 1.165) is 20.5 Å². The molecule has 3 aromatic rings. The van der Waals surface area contributed by atoms with E-state index in [1.165, 1.54) is 6.26 Å². The van der Waals surface area contributed by atoms with Crippen LogP contribution in [0.2, 0.25) is 0 Å². The van der Waals surface area contributed by atoms with Crippen molar-refractivity contribution in [3.8, 4) is 6.07 Å². The lowest BCUT2D eigenvalue weighted by molar-refractivity contribution is -0.122. The van der Waals surface area contributed by atoms with E-state index in [1.54, 1.807) is 29.6 Å². The fourth-order valence-corrected chi connectivity index (χ4v) is 5.46. The molecule has 8 nitrogen and oxygen atoms in total. The first-order chi connectivity index (χ1) is 16.7. The van der Waals surface area contributed by atoms with Crippen LogP contribution in [-0.4, -0.2) is 59.9 Å². The maximum absolute atomic E-state index is 13.1. The lowest BCUT2D eigenvalue weighted by Crippen LogP contribution is -2.56. The molecule has 1 fully saturated rings. The first kappa shape index (κ1) is 25.3. The number of carbonyl (C=O) groups is 1. The molecule has 0 N–H and O–H groups in total. The number of amides is 1. The second-order valence-corrected chi connectivity index (χ2v) is 12.3. The standard InChI is InChI=1S/C25H26IN5O3S/c1-35(33,34)10-9-23-16-31(22-4-2-3-21(26)11-22)25(32)17-29(23)15-24-13-28-18-30(24)14-20-7-5-19(12-27)6-8-20/h2-8,11,13,18,23H,9-10,14-17H2,1H3/t23-/m0/s1/i26-4. The molecule has 10 heteroatoms. The van der Waals surface area contributed by atoms with Gasteiger partial charge < -0.3 is 9.47 Å². The number of nitriles is 1. The van der Waals surface area contributed by atoms with E-state index >= 15 is 0 Å². The van der Waals surface area contributed by atoms with Crippen molar-refractivity contribution < 1.29 is 13.2 Å². The number of benzene rings is 2. The van der Waals surface area contributed by atoms with Gasteiger partial charge in [-0.15, -0.1) is 0 Å². The van der Waals surface area contributed by atoms with Crippen molar-refractivity contribution in [1.82, 2.24) is 14.5 Å². The Morgan fingerprint density at radius 2 is 1.94 bits per heavy atom. The van der Waals surface area contributed by atoms with Gasteiger partial charge in [0.05, 0.1) is 36.0 Å². The number of halogens is 1. The third kappa shape index (κ3) is 6.68. The maximum Gasteiger partial charge on any atom is 0.241 e. The highest BCUT2D eigenvalue weighted by atomic mass is 123. The summed E-state index contributed by atoms with van der Waals surface area (Å²) in [5.41, 5.74) is 3.42. The molecule has 4 rings (SSSR count). The number of piperazine rings is 1. The number of anilines is 1. The summed E-state index contributed by atoms with van der Waals surface area (Å²) in [4.78, 5) is 21.3. The van der Waals surface area contributed by atoms with Crippen molar-refractivity contribution in [1.29, 1.82) is 5.26 Å². The normalized spacial score (nSPS) is 16.9. The molecule has 0 radical (unpaired) electrons. The van der Waals surface area contributed by atoms with Crippen LogP contribution in [0.5, 0.6) is 0 Å². The zero-order valence-corrected chi connectivity index (χ0v) is 22.3. The molecule has 0 spiro atoms. The third-order valence-corrected chi connectivity index (χ3v) is 7.74. The van der Waals surface area contributed by atoms with Gasteiger partial charge in [-0.2, -0.15) is 5.26 Å². The Hall–Kier alpha value is -2.75. The molecule has 1 amide bonds. The molecule has 182 valence electrons. The second kappa shape index (κ2) is 10.9. The zero-order valence-electron chi connectivity index (χ0n) is 19.3. The van der Waals surface area contributed by atoms with Gasteiger partial charge in [0.15, 0.2) is 0 Å². The van der Waals surface area contributed by atoms with E-state index in [-0.39, 0.29) is 24.2 Å². The summed E-state index contributed by atoms with van der Waals surface area (Å²) in [6.45, 7) is 1.70. The highest BCUT2D eigenvalue weighted by Crippen LogP contribution is 2.25. The molecular weight excluding hydrogens is 573 g/mol. The van der Waals surface area contributed by atoms with Crippen LogP contribution >= 0.6 is 22.6 Å². The number of hydrogen-bond acceptors (Lipinski definition) is 6. The molecule has 2 heterocycles. The average Bonchev–Trinajstić information content (AvgIpc) is 3.25. The summed E-state index contributed by atoms with van der Waals surface area (Å²) < 4.78 is 26.9. The van der Waals surface area contributed by atoms with Crippen LogP contribution in [-0.2, 0) is 27.7 Å². The molecule has 0 unspecified atom stereocenters. The minimum Gasteiger partial charge on any atom is -0.329 e. The molecule has 1 atom stereocenters. The van der Waals surface area contributed by atoms with E-state index in [0.29, 0.717) is 31.6 Å². The summed E-state index contributed by atoms with van der Waals surface area (Å²) in [5.74, 6) is 0.0493. The average molecular weight is 599 g/mol. The van der Waals surface area contributed by atoms with Crippen molar-refractivity contribution in [3.05, 3.63) is 81.4 Å². The van der Waals surface area contributed by atoms with E-state index < -0.39 is 9.84 Å². The van der Waals surface area contributed by atoms with Crippen molar-refractivity contribution in [2.75, 3.05) is 30.0 Å². The zero-order chi connectivity index (χ0) is 25.0. The predicted molar refractivity (Wildman–Crippen MR) is 143 cm³/mol. The molecule has 2 aromatic carbocycles. The Morgan fingerprint density at radius 1 is 1.17 bits per heavy atom. The van der Waals surface area contributed by atoms with Gasteiger partial charge in [-0.1, -0.05) is 18.2 Å². The van der Waals surface area contributed by atoms with Crippen LogP contribution in [0.3, 0.4) is 0 Å². The SMILES string of the molecule is CS(=O)(=O)CC[C@H]1CN(c2cccc([123I])c2)C(=O)CN1Cc1cncn1Cc1ccc(C#N)cc1. The first-order valence-electron chi connectivity index (χ1n) is 11.2. The summed E-state index contributed by atoms with van der Waals surface area (Å²) >= 11 is 2.22. The number of nitrogens with zero attached hydrogens (tertiary/aromatic N) is 5. The minimum absolute atomic E-state index is 0.0132. The van der Waals surface area contributed by atoms with Gasteiger partial charge >= 0.3 is 0 Å². The van der Waals surface area contributed by atoms with E-state index in [2.05, 4.69) is 38.5 Å². The van der Waals surface area contributed by atoms with Gasteiger partial charge in [-0.05, 0) is 64.9 Å². The largest absolute Gasteiger partial charge is 0.329 e. The fraction of sp³-hybridized carbons (Fsp3) is 0.320. The molecule has 1 saturated heterocycles. The Morgan fingerprint density at radius 3 is 2.63 bits per heavy atom. The number of aromatic nitrogens is 2. The Bertz CT molecular complexity index is 1350. The molecule has 0 saturated carbocycles. The highest BCUT2D eigenvalue weighted by molar-refractivity contribution is 14.1. The van der Waals surface area contributed by atoms with Crippen LogP contribution in [0.25, 0.3) is 0 Å². The second-order valence-electron chi connectivity index (χ2n) is 8.78. The van der Waals surface area contributed by atoms with Gasteiger partial charge in [0.1, 0.15) is 9.84 Å². The Balaban J connectivity index is 1.54. The minimum atomic E-state index is -3.14. The number of sulfone groups is 1. The quantitative estimate of drug-likeness (QED) is 0.370. The van der Waals surface area contributed by atoms with Gasteiger partial charge in [0, 0.05) is 47.4 Å². The van der Waals surface area contributed by atoms with Gasteiger partial charge in [0.25, 0.3) is 0 Å². The van der Waals surface area contributed by atoms with Crippen molar-refractivity contribution in [3.63, 3.8) is 0 Å². The third-order valence-electron chi connectivity index (χ3n) is 6.09. The predicted octanol–water partition coefficient (Wildman–Crippen LogP) is 3.06. The van der Waals surface area contributed by atoms with Crippen molar-refractivity contribution >= 4 is 44.0 Å². The highest BCUT2D eigenvalue weighted by Gasteiger charge is 2.33. The smallest absolute Gasteiger partial charge is 0.241 e. The molecule has 1 aliphatic rings. The van der Waals surface area contributed by atoms with Gasteiger partial charge in [-0.25, -0.2) is 13.4 Å². The van der Waals surface area contributed by atoms with Crippen LogP contribution in [0.4, 0.5) is 5.69 Å². The number of carbonyl (C=O) groups excluding carboxylic acids is 1. The lowest BCUT2D eigenvalue weighted by Gasteiger charge is -2.41. The molecule has 0 aliphatic carbocycles. The summed E-state index contributed by atoms with van der Waals surface area (Å²) in [6, 6.07) is 17.2. The monoisotopic (exact) mass is 599 g/mol. The van der Waals surface area contributed by atoms with Gasteiger partial charge in [-0.3, -0.25) is 9.69 Å². The number of imidazole rings is 1. The summed E-state index contributed by atoms with van der Waals surface area (Å²) in [7, 11) is -3.14. The summed E-state index contributed by atoms with van der Waals surface area (Å²) in [6.07, 6.45) is 5.22. The summed E-state index contributed by atoms with van der Waals surface area (Å²) in [5, 5.41) is 9.02. The Labute approximate surface area is 219 Å².